The van der Waals surface area contributed by atoms with Gasteiger partial charge in [0, 0.05) is 40.6 Å². The smallest absolute Gasteiger partial charge is 0.352 e. The molecule has 4 aromatic rings. The van der Waals surface area contributed by atoms with E-state index in [0.717, 1.165) is 22.0 Å². The summed E-state index contributed by atoms with van der Waals surface area (Å²) < 4.78 is 1.88. The maximum absolute atomic E-state index is 12.3. The van der Waals surface area contributed by atoms with Gasteiger partial charge in [0.15, 0.2) is 0 Å². The number of benzene rings is 3. The summed E-state index contributed by atoms with van der Waals surface area (Å²) in [6.07, 6.45) is 0. The average Bonchev–Trinajstić information content (AvgIpc) is 3.08. The molecule has 5 heteroatoms. The van der Waals surface area contributed by atoms with Crippen molar-refractivity contribution in [3.63, 3.8) is 0 Å². The molecule has 30 heavy (non-hydrogen) atoms. The van der Waals surface area contributed by atoms with Crippen molar-refractivity contribution >= 4 is 28.5 Å². The molecular formula is C25H23ClN2O2. The number of carboxylic acid groups (broad SMARTS) is 1. The predicted octanol–water partition coefficient (Wildman–Crippen LogP) is 5.89. The van der Waals surface area contributed by atoms with Gasteiger partial charge in [-0.1, -0.05) is 72.3 Å². The van der Waals surface area contributed by atoms with Crippen molar-refractivity contribution in [2.24, 2.45) is 0 Å². The summed E-state index contributed by atoms with van der Waals surface area (Å²) in [6.45, 7) is 3.02. The minimum absolute atomic E-state index is 0.103. The third-order valence-corrected chi connectivity index (χ3v) is 5.67. The third-order valence-electron chi connectivity index (χ3n) is 5.42. The van der Waals surface area contributed by atoms with Gasteiger partial charge in [0.05, 0.1) is 0 Å². The van der Waals surface area contributed by atoms with Gasteiger partial charge < -0.3 is 15.0 Å². The van der Waals surface area contributed by atoms with Crippen LogP contribution in [0.2, 0.25) is 5.02 Å². The van der Waals surface area contributed by atoms with E-state index in [1.807, 2.05) is 71.3 Å². The highest BCUT2D eigenvalue weighted by molar-refractivity contribution is 6.30. The molecule has 3 aromatic carbocycles. The topological polar surface area (TPSA) is 54.3 Å². The van der Waals surface area contributed by atoms with Crippen molar-refractivity contribution in [2.45, 2.75) is 26.1 Å². The zero-order valence-electron chi connectivity index (χ0n) is 16.7. The molecule has 0 unspecified atom stereocenters. The number of hydrogen-bond donors (Lipinski definition) is 2. The summed E-state index contributed by atoms with van der Waals surface area (Å²) in [6, 6.07) is 25.6. The number of aromatic nitrogens is 1. The average molecular weight is 419 g/mol. The van der Waals surface area contributed by atoms with Crippen LogP contribution in [-0.2, 0) is 13.1 Å². The highest BCUT2D eigenvalue weighted by atomic mass is 35.5. The normalized spacial score (nSPS) is 12.2. The fraction of sp³-hybridized carbons (Fsp3) is 0.160. The van der Waals surface area contributed by atoms with Gasteiger partial charge in [-0.15, -0.1) is 0 Å². The molecule has 0 radical (unpaired) electrons. The van der Waals surface area contributed by atoms with Crippen LogP contribution in [0.15, 0.2) is 78.9 Å². The lowest BCUT2D eigenvalue weighted by Gasteiger charge is -2.15. The van der Waals surface area contributed by atoms with Gasteiger partial charge in [-0.2, -0.15) is 0 Å². The van der Waals surface area contributed by atoms with E-state index >= 15 is 0 Å². The van der Waals surface area contributed by atoms with E-state index < -0.39 is 5.97 Å². The number of rotatable bonds is 7. The van der Waals surface area contributed by atoms with Crippen molar-refractivity contribution in [2.75, 3.05) is 0 Å². The summed E-state index contributed by atoms with van der Waals surface area (Å²) in [5, 5.41) is 15.2. The molecule has 1 atom stereocenters. The fourth-order valence-electron chi connectivity index (χ4n) is 3.85. The van der Waals surface area contributed by atoms with Crippen molar-refractivity contribution in [3.05, 3.63) is 106 Å². The molecule has 0 fully saturated rings. The number of fused-ring (bicyclic) bond motifs is 1. The molecular weight excluding hydrogens is 396 g/mol. The molecule has 0 aliphatic heterocycles. The van der Waals surface area contributed by atoms with E-state index in [-0.39, 0.29) is 6.04 Å². The van der Waals surface area contributed by atoms with E-state index in [4.69, 9.17) is 11.6 Å². The quantitative estimate of drug-likeness (QED) is 0.393. The van der Waals surface area contributed by atoms with Gasteiger partial charge in [-0.3, -0.25) is 0 Å². The van der Waals surface area contributed by atoms with Gasteiger partial charge in [0.1, 0.15) is 5.69 Å². The first-order chi connectivity index (χ1) is 14.5. The van der Waals surface area contributed by atoms with Crippen LogP contribution in [0, 0.1) is 0 Å². The van der Waals surface area contributed by atoms with Crippen LogP contribution >= 0.6 is 11.6 Å². The molecule has 0 bridgehead atoms. The molecule has 0 amide bonds. The Labute approximate surface area is 180 Å². The summed E-state index contributed by atoms with van der Waals surface area (Å²) >= 11 is 6.01. The van der Waals surface area contributed by atoms with E-state index in [2.05, 4.69) is 24.4 Å². The Morgan fingerprint density at radius 2 is 1.67 bits per heavy atom. The summed E-state index contributed by atoms with van der Waals surface area (Å²) in [5.74, 6) is -0.927. The van der Waals surface area contributed by atoms with E-state index in [0.29, 0.717) is 23.8 Å². The minimum atomic E-state index is -0.927. The van der Waals surface area contributed by atoms with E-state index in [9.17, 15) is 9.90 Å². The molecule has 0 saturated carbocycles. The van der Waals surface area contributed by atoms with Crippen LogP contribution in [-0.4, -0.2) is 15.6 Å². The Balaban J connectivity index is 1.72. The number of hydrogen-bond acceptors (Lipinski definition) is 2. The number of carbonyl (C=O) groups is 1. The highest BCUT2D eigenvalue weighted by Crippen LogP contribution is 2.28. The lowest BCUT2D eigenvalue weighted by atomic mass is 10.1. The van der Waals surface area contributed by atoms with Crippen LogP contribution < -0.4 is 5.32 Å². The number of aromatic carboxylic acids is 1. The van der Waals surface area contributed by atoms with Crippen LogP contribution in [0.3, 0.4) is 0 Å². The van der Waals surface area contributed by atoms with Crippen molar-refractivity contribution in [1.82, 2.24) is 9.88 Å². The Hall–Kier alpha value is -3.08. The summed E-state index contributed by atoms with van der Waals surface area (Å²) in [5.41, 5.74) is 4.20. The first-order valence-electron chi connectivity index (χ1n) is 9.90. The Kier molecular flexibility index (Phi) is 5.88. The Bertz CT molecular complexity index is 1170. The van der Waals surface area contributed by atoms with Gasteiger partial charge in [0.25, 0.3) is 0 Å². The molecule has 1 aromatic heterocycles. The first-order valence-corrected chi connectivity index (χ1v) is 10.3. The zero-order valence-corrected chi connectivity index (χ0v) is 17.4. The number of nitrogens with zero attached hydrogens (tertiary/aromatic N) is 1. The molecule has 152 valence electrons. The second-order valence-electron chi connectivity index (χ2n) is 7.38. The number of para-hydroxylation sites is 1. The van der Waals surface area contributed by atoms with Gasteiger partial charge in [0.2, 0.25) is 0 Å². The predicted molar refractivity (Wildman–Crippen MR) is 121 cm³/mol. The number of halogens is 1. The highest BCUT2D eigenvalue weighted by Gasteiger charge is 2.22. The molecule has 4 rings (SSSR count). The number of carboxylic acids is 1. The molecule has 0 aliphatic rings. The van der Waals surface area contributed by atoms with Gasteiger partial charge in [-0.05, 0) is 36.2 Å². The van der Waals surface area contributed by atoms with Crippen LogP contribution in [0.5, 0.6) is 0 Å². The Morgan fingerprint density at radius 3 is 2.37 bits per heavy atom. The van der Waals surface area contributed by atoms with E-state index in [1.165, 1.54) is 5.56 Å². The summed E-state index contributed by atoms with van der Waals surface area (Å²) in [4.78, 5) is 12.3. The monoisotopic (exact) mass is 418 g/mol. The zero-order chi connectivity index (χ0) is 21.1. The molecule has 4 nitrogen and oxygen atoms in total. The number of nitrogens with one attached hydrogen (secondary N) is 1. The van der Waals surface area contributed by atoms with Gasteiger partial charge in [-0.25, -0.2) is 4.79 Å². The maximum Gasteiger partial charge on any atom is 0.352 e. The summed E-state index contributed by atoms with van der Waals surface area (Å²) in [7, 11) is 0. The van der Waals surface area contributed by atoms with Crippen LogP contribution in [0.4, 0.5) is 0 Å². The SMILES string of the molecule is C[C@H](NCc1c(C(=O)O)n(Cc2ccc(Cl)cc2)c2ccccc12)c1ccccc1. The second kappa shape index (κ2) is 8.74. The lowest BCUT2D eigenvalue weighted by molar-refractivity contribution is 0.0684. The van der Waals surface area contributed by atoms with Crippen LogP contribution in [0.25, 0.3) is 10.9 Å². The van der Waals surface area contributed by atoms with Crippen molar-refractivity contribution in [1.29, 1.82) is 0 Å². The first kappa shape index (κ1) is 20.2. The van der Waals surface area contributed by atoms with Crippen LogP contribution in [0.1, 0.15) is 40.1 Å². The van der Waals surface area contributed by atoms with Gasteiger partial charge >= 0.3 is 5.97 Å². The third kappa shape index (κ3) is 4.11. The molecule has 1 heterocycles. The maximum atomic E-state index is 12.3. The van der Waals surface area contributed by atoms with E-state index in [1.54, 1.807) is 0 Å². The van der Waals surface area contributed by atoms with Crippen molar-refractivity contribution in [3.8, 4) is 0 Å². The molecule has 2 N–H and O–H groups in total. The Morgan fingerprint density at radius 1 is 1.00 bits per heavy atom. The lowest BCUT2D eigenvalue weighted by Crippen LogP contribution is -2.20. The molecule has 0 saturated heterocycles. The molecule has 0 spiro atoms. The minimum Gasteiger partial charge on any atom is -0.477 e. The second-order valence-corrected chi connectivity index (χ2v) is 7.81. The fourth-order valence-corrected chi connectivity index (χ4v) is 3.98. The van der Waals surface area contributed by atoms with Crippen molar-refractivity contribution < 1.29 is 9.90 Å². The largest absolute Gasteiger partial charge is 0.477 e. The molecule has 0 aliphatic carbocycles. The standard InChI is InChI=1S/C25H23ClN2O2/c1-17(19-7-3-2-4-8-19)27-15-22-21-9-5-6-10-23(21)28(24(22)25(29)30)16-18-11-13-20(26)14-12-18/h2-14,17,27H,15-16H2,1H3,(H,29,30)/t17-/m0/s1.